The van der Waals surface area contributed by atoms with Gasteiger partial charge in [-0.05, 0) is 75.0 Å². The molecule has 0 unspecified atom stereocenters. The van der Waals surface area contributed by atoms with Crippen molar-refractivity contribution in [2.45, 2.75) is 102 Å². The third-order valence-electron chi connectivity index (χ3n) is 9.07. The minimum Gasteiger partial charge on any atom is -0.339 e. The van der Waals surface area contributed by atoms with E-state index < -0.39 is 11.8 Å². The number of fused-ring (bicyclic) bond motifs is 3. The van der Waals surface area contributed by atoms with Gasteiger partial charge >= 0.3 is 0 Å². The summed E-state index contributed by atoms with van der Waals surface area (Å²) in [7, 11) is 0. The molecular weight excluding hydrogens is 474 g/mol. The van der Waals surface area contributed by atoms with Crippen LogP contribution in [0, 0.1) is 22.7 Å². The first-order valence-corrected chi connectivity index (χ1v) is 13.5. The number of amides is 1. The summed E-state index contributed by atoms with van der Waals surface area (Å²) in [5, 5.41) is 13.7. The van der Waals surface area contributed by atoms with E-state index in [4.69, 9.17) is 9.51 Å². The summed E-state index contributed by atoms with van der Waals surface area (Å²) >= 11 is 0. The Morgan fingerprint density at radius 3 is 2.32 bits per heavy atom. The molecular formula is C29H36F2N4O2. The van der Waals surface area contributed by atoms with Crippen LogP contribution in [-0.2, 0) is 15.6 Å². The molecule has 0 spiro atoms. The molecule has 37 heavy (non-hydrogen) atoms. The Morgan fingerprint density at radius 1 is 1.11 bits per heavy atom. The molecule has 6 nitrogen and oxygen atoms in total. The quantitative estimate of drug-likeness (QED) is 0.448. The summed E-state index contributed by atoms with van der Waals surface area (Å²) in [5.41, 5.74) is 0.840. The molecule has 6 rings (SSSR count). The third-order valence-corrected chi connectivity index (χ3v) is 9.07. The van der Waals surface area contributed by atoms with Crippen LogP contribution in [-0.4, -0.2) is 28.5 Å². The van der Waals surface area contributed by atoms with Crippen LogP contribution >= 0.6 is 0 Å². The lowest BCUT2D eigenvalue weighted by atomic mass is 9.53. The van der Waals surface area contributed by atoms with Crippen molar-refractivity contribution >= 4 is 11.6 Å². The minimum atomic E-state index is -2.68. The van der Waals surface area contributed by atoms with Crippen molar-refractivity contribution in [3.05, 3.63) is 41.5 Å². The van der Waals surface area contributed by atoms with Crippen molar-refractivity contribution in [1.29, 1.82) is 5.26 Å². The van der Waals surface area contributed by atoms with Gasteiger partial charge in [-0.15, -0.1) is 0 Å². The van der Waals surface area contributed by atoms with Crippen molar-refractivity contribution in [2.24, 2.45) is 11.3 Å². The van der Waals surface area contributed by atoms with E-state index in [-0.39, 0.29) is 47.8 Å². The lowest BCUT2D eigenvalue weighted by Crippen LogP contribution is -2.52. The first-order chi connectivity index (χ1) is 17.4. The number of alkyl halides is 2. The molecule has 1 heterocycles. The molecule has 4 saturated carbocycles. The number of hydrogen-bond donors (Lipinski definition) is 0. The number of nitriles is 1. The second kappa shape index (κ2) is 9.18. The van der Waals surface area contributed by atoms with Crippen LogP contribution in [0.15, 0.2) is 28.8 Å². The summed E-state index contributed by atoms with van der Waals surface area (Å²) in [6, 6.07) is 9.27. The highest BCUT2D eigenvalue weighted by Crippen LogP contribution is 2.58. The summed E-state index contributed by atoms with van der Waals surface area (Å²) in [5.74, 6) is -1.72. The van der Waals surface area contributed by atoms with Gasteiger partial charge < -0.3 is 9.42 Å². The Hall–Kier alpha value is -2.82. The Kier molecular flexibility index (Phi) is 6.40. The number of carbonyl (C=O) groups excluding carboxylic acids is 1. The highest BCUT2D eigenvalue weighted by molar-refractivity contribution is 5.95. The Bertz CT molecular complexity index is 1170. The van der Waals surface area contributed by atoms with E-state index in [1.165, 1.54) is 0 Å². The number of anilines is 1. The largest absolute Gasteiger partial charge is 0.339 e. The first-order valence-electron chi connectivity index (χ1n) is 13.5. The summed E-state index contributed by atoms with van der Waals surface area (Å²) < 4.78 is 33.4. The number of nitrogens with zero attached hydrogens (tertiary/aromatic N) is 4. The van der Waals surface area contributed by atoms with Crippen molar-refractivity contribution in [2.75, 3.05) is 11.4 Å². The number of rotatable bonds is 5. The second-order valence-electron chi connectivity index (χ2n) is 12.7. The van der Waals surface area contributed by atoms with Crippen LogP contribution in [0.25, 0.3) is 0 Å². The van der Waals surface area contributed by atoms with Gasteiger partial charge in [-0.2, -0.15) is 10.2 Å². The highest BCUT2D eigenvalue weighted by Gasteiger charge is 2.53. The maximum absolute atomic E-state index is 13.8. The fourth-order valence-electron chi connectivity index (χ4n) is 6.45. The fourth-order valence-corrected chi connectivity index (χ4v) is 6.45. The molecule has 2 aromatic rings. The van der Waals surface area contributed by atoms with Gasteiger partial charge in [0.2, 0.25) is 17.7 Å². The molecule has 1 aromatic heterocycles. The van der Waals surface area contributed by atoms with E-state index in [0.29, 0.717) is 17.8 Å². The maximum atomic E-state index is 13.8. The van der Waals surface area contributed by atoms with Crippen LogP contribution in [0.1, 0.15) is 102 Å². The monoisotopic (exact) mass is 510 g/mol. The van der Waals surface area contributed by atoms with Crippen molar-refractivity contribution in [3.63, 3.8) is 0 Å². The molecule has 4 aliphatic carbocycles. The molecule has 0 aliphatic heterocycles. The summed E-state index contributed by atoms with van der Waals surface area (Å²) in [6.45, 7) is 6.77. The zero-order valence-corrected chi connectivity index (χ0v) is 22.0. The molecule has 8 heteroatoms. The van der Waals surface area contributed by atoms with E-state index in [0.717, 1.165) is 50.2 Å². The van der Waals surface area contributed by atoms with Gasteiger partial charge in [0.15, 0.2) is 5.82 Å². The first kappa shape index (κ1) is 25.8. The van der Waals surface area contributed by atoms with Crippen molar-refractivity contribution in [3.8, 4) is 6.07 Å². The molecule has 1 aromatic carbocycles. The number of halogens is 2. The SMILES string of the molecule is CC(C)(C)c1noc(C23CCC(CN(C(=O)C4CCC(F)(F)CC4)c4cccc(C#N)c4)(CC2)CC3)n1. The van der Waals surface area contributed by atoms with Gasteiger partial charge in [0.25, 0.3) is 0 Å². The van der Waals surface area contributed by atoms with Crippen molar-refractivity contribution in [1.82, 2.24) is 10.1 Å². The fraction of sp³-hybridized carbons (Fsp3) is 0.655. The van der Waals surface area contributed by atoms with Gasteiger partial charge in [-0.1, -0.05) is 32.0 Å². The van der Waals surface area contributed by atoms with E-state index >= 15 is 0 Å². The zero-order chi connectivity index (χ0) is 26.5. The molecule has 2 bridgehead atoms. The van der Waals surface area contributed by atoms with Crippen LogP contribution in [0.5, 0.6) is 0 Å². The molecule has 0 atom stereocenters. The van der Waals surface area contributed by atoms with E-state index in [2.05, 4.69) is 32.0 Å². The van der Waals surface area contributed by atoms with Crippen molar-refractivity contribution < 1.29 is 18.1 Å². The normalized spacial score (nSPS) is 27.6. The molecule has 0 saturated heterocycles. The van der Waals surface area contributed by atoms with Crippen LogP contribution in [0.2, 0.25) is 0 Å². The third kappa shape index (κ3) is 5.02. The number of carbonyl (C=O) groups is 1. The van der Waals surface area contributed by atoms with Gasteiger partial charge in [-0.3, -0.25) is 4.79 Å². The molecule has 198 valence electrons. The predicted molar refractivity (Wildman–Crippen MR) is 135 cm³/mol. The van der Waals surface area contributed by atoms with Crippen LogP contribution in [0.4, 0.5) is 14.5 Å². The predicted octanol–water partition coefficient (Wildman–Crippen LogP) is 6.69. The molecule has 4 aliphatic rings. The Labute approximate surface area is 217 Å². The topological polar surface area (TPSA) is 83.0 Å². The highest BCUT2D eigenvalue weighted by atomic mass is 19.3. The molecule has 0 radical (unpaired) electrons. The van der Waals surface area contributed by atoms with E-state index in [9.17, 15) is 18.8 Å². The number of hydrogen-bond acceptors (Lipinski definition) is 5. The smallest absolute Gasteiger partial charge is 0.248 e. The minimum absolute atomic E-state index is 0.0501. The lowest BCUT2D eigenvalue weighted by Gasteiger charge is -2.53. The van der Waals surface area contributed by atoms with E-state index in [1.54, 1.807) is 23.1 Å². The van der Waals surface area contributed by atoms with E-state index in [1.807, 2.05) is 6.07 Å². The van der Waals surface area contributed by atoms with Gasteiger partial charge in [0, 0.05) is 41.8 Å². The number of aromatic nitrogens is 2. The summed E-state index contributed by atoms with van der Waals surface area (Å²) in [4.78, 5) is 20.4. The zero-order valence-electron chi connectivity index (χ0n) is 22.0. The Balaban J connectivity index is 1.37. The average molecular weight is 511 g/mol. The molecule has 1 amide bonds. The van der Waals surface area contributed by atoms with Crippen LogP contribution < -0.4 is 4.90 Å². The second-order valence-corrected chi connectivity index (χ2v) is 12.7. The maximum Gasteiger partial charge on any atom is 0.248 e. The van der Waals surface area contributed by atoms with Gasteiger partial charge in [0.05, 0.1) is 11.6 Å². The van der Waals surface area contributed by atoms with Crippen LogP contribution in [0.3, 0.4) is 0 Å². The summed E-state index contributed by atoms with van der Waals surface area (Å²) in [6.07, 6.45) is 5.49. The van der Waals surface area contributed by atoms with Gasteiger partial charge in [0.1, 0.15) is 0 Å². The average Bonchev–Trinajstić information content (AvgIpc) is 3.40. The molecule has 0 N–H and O–H groups in total. The standard InChI is InChI=1S/C29H36F2N4O2/c1-26(2,3)24-33-25(37-34-24)28-14-11-27(12-15-28,13-16-28)19-35(22-6-4-5-20(17-22)18-32)23(36)21-7-9-29(30,31)10-8-21/h4-6,17,21H,7-16,19H2,1-3H3. The Morgan fingerprint density at radius 2 is 1.76 bits per heavy atom. The lowest BCUT2D eigenvalue weighted by molar-refractivity contribution is -0.127. The van der Waals surface area contributed by atoms with Gasteiger partial charge in [-0.25, -0.2) is 8.78 Å². The molecule has 4 fully saturated rings. The number of benzene rings is 1.